The van der Waals surface area contributed by atoms with E-state index in [2.05, 4.69) is 57.8 Å². The van der Waals surface area contributed by atoms with Crippen LogP contribution in [0.4, 0.5) is 0 Å². The van der Waals surface area contributed by atoms with Crippen LogP contribution in [0.1, 0.15) is 6.42 Å². The molecule has 0 N–H and O–H groups in total. The van der Waals surface area contributed by atoms with Crippen molar-refractivity contribution in [2.24, 2.45) is 0 Å². The number of thioether (sulfide) groups is 1. The van der Waals surface area contributed by atoms with Crippen LogP contribution < -0.4 is 21.5 Å². The van der Waals surface area contributed by atoms with E-state index in [0.717, 1.165) is 11.6 Å². The summed E-state index contributed by atoms with van der Waals surface area (Å²) in [6.45, 7) is 1.07. The first-order valence-electron chi connectivity index (χ1n) is 7.42. The van der Waals surface area contributed by atoms with Crippen molar-refractivity contribution in [1.82, 2.24) is 4.57 Å². The smallest absolute Gasteiger partial charge is 0.323 e. The average molecular weight is 408 g/mol. The molecule has 2 nitrogen and oxygen atoms in total. The Balaban J connectivity index is 0.00000156. The van der Waals surface area contributed by atoms with Crippen molar-refractivity contribution in [2.45, 2.75) is 18.1 Å². The number of hydrogen-bond donors (Lipinski definition) is 0. The zero-order valence-electron chi connectivity index (χ0n) is 12.5. The molecule has 0 saturated carbocycles. The molecule has 0 spiro atoms. The second-order valence-corrected chi connectivity index (χ2v) is 6.86. The Hall–Kier alpha value is -1.23. The van der Waals surface area contributed by atoms with Gasteiger partial charge in [-0.05, 0) is 54.6 Å². The molecule has 0 unspecified atom stereocenters. The van der Waals surface area contributed by atoms with Gasteiger partial charge in [-0.3, -0.25) is 0 Å². The molecule has 0 bridgehead atoms. The molecule has 23 heavy (non-hydrogen) atoms. The summed E-state index contributed by atoms with van der Waals surface area (Å²) in [6.07, 6.45) is 3.45. The summed E-state index contributed by atoms with van der Waals surface area (Å²) in [5, 5.41) is 2.09. The molecule has 0 saturated heterocycles. The van der Waals surface area contributed by atoms with Gasteiger partial charge in [0.05, 0.1) is 6.54 Å². The molecular weight excluding hydrogens is 392 g/mol. The van der Waals surface area contributed by atoms with Gasteiger partial charge in [0.2, 0.25) is 0 Å². The largest absolute Gasteiger partial charge is 1.00 e. The Morgan fingerprint density at radius 2 is 1.74 bits per heavy atom. The van der Waals surface area contributed by atoms with Gasteiger partial charge in [0, 0.05) is 16.3 Å². The van der Waals surface area contributed by atoms with Gasteiger partial charge in [0.25, 0.3) is 0 Å². The molecule has 2 heterocycles. The van der Waals surface area contributed by atoms with E-state index in [1.165, 1.54) is 34.3 Å². The maximum Gasteiger partial charge on any atom is 0.323 e. The van der Waals surface area contributed by atoms with Gasteiger partial charge >= 0.3 is 5.16 Å². The van der Waals surface area contributed by atoms with Gasteiger partial charge in [0.1, 0.15) is 11.9 Å². The molecule has 1 aliphatic heterocycles. The minimum atomic E-state index is 0. The SMILES string of the molecule is Clc1ccc(-c2cn(-c3ccccc3)c3[n+]2CCCS3)cc1.[Br-]. The molecule has 0 atom stereocenters. The third-order valence-corrected chi connectivity index (χ3v) is 5.33. The van der Waals surface area contributed by atoms with Crippen molar-refractivity contribution < 1.29 is 21.5 Å². The lowest BCUT2D eigenvalue weighted by Gasteiger charge is -2.10. The molecule has 1 aromatic heterocycles. The lowest BCUT2D eigenvalue weighted by Crippen LogP contribution is -3.00. The summed E-state index contributed by atoms with van der Waals surface area (Å²) in [6, 6.07) is 18.6. The molecule has 0 amide bonds. The first-order chi connectivity index (χ1) is 10.8. The fourth-order valence-electron chi connectivity index (χ4n) is 2.85. The van der Waals surface area contributed by atoms with Crippen molar-refractivity contribution in [2.75, 3.05) is 5.75 Å². The quantitative estimate of drug-likeness (QED) is 0.586. The first kappa shape index (κ1) is 16.6. The number of hydrogen-bond acceptors (Lipinski definition) is 1. The number of nitrogens with zero attached hydrogens (tertiary/aromatic N) is 2. The predicted molar refractivity (Wildman–Crippen MR) is 91.8 cm³/mol. The molecule has 0 aliphatic carbocycles. The topological polar surface area (TPSA) is 8.81 Å². The van der Waals surface area contributed by atoms with Gasteiger partial charge in [-0.15, -0.1) is 0 Å². The van der Waals surface area contributed by atoms with Crippen molar-refractivity contribution >= 4 is 23.4 Å². The fraction of sp³-hybridized carbons (Fsp3) is 0.167. The van der Waals surface area contributed by atoms with Crippen molar-refractivity contribution in [3.05, 3.63) is 65.8 Å². The highest BCUT2D eigenvalue weighted by Crippen LogP contribution is 2.29. The van der Waals surface area contributed by atoms with E-state index in [9.17, 15) is 0 Å². The molecule has 1 aliphatic rings. The van der Waals surface area contributed by atoms with Crippen LogP contribution in [0.15, 0.2) is 66.0 Å². The Morgan fingerprint density at radius 3 is 2.48 bits per heavy atom. The van der Waals surface area contributed by atoms with Gasteiger partial charge in [-0.1, -0.05) is 29.8 Å². The van der Waals surface area contributed by atoms with Crippen molar-refractivity contribution in [1.29, 1.82) is 0 Å². The fourth-order valence-corrected chi connectivity index (χ4v) is 4.08. The number of fused-ring (bicyclic) bond motifs is 1. The monoisotopic (exact) mass is 406 g/mol. The van der Waals surface area contributed by atoms with Crippen molar-refractivity contribution in [3.8, 4) is 16.9 Å². The van der Waals surface area contributed by atoms with E-state index in [4.69, 9.17) is 11.6 Å². The highest BCUT2D eigenvalue weighted by molar-refractivity contribution is 7.99. The molecule has 5 heteroatoms. The highest BCUT2D eigenvalue weighted by atomic mass is 79.9. The van der Waals surface area contributed by atoms with Gasteiger partial charge in [-0.2, -0.15) is 4.57 Å². The number of halogens is 2. The van der Waals surface area contributed by atoms with E-state index >= 15 is 0 Å². The summed E-state index contributed by atoms with van der Waals surface area (Å²) >= 11 is 7.96. The van der Waals surface area contributed by atoms with Crippen LogP contribution in [0.3, 0.4) is 0 Å². The second kappa shape index (κ2) is 7.12. The molecule has 4 rings (SSSR count). The van der Waals surface area contributed by atoms with Gasteiger partial charge in [0.15, 0.2) is 5.69 Å². The van der Waals surface area contributed by atoms with Crippen LogP contribution in [-0.4, -0.2) is 10.3 Å². The Kier molecular flexibility index (Phi) is 5.14. The first-order valence-corrected chi connectivity index (χ1v) is 8.78. The molecular formula is C18H16BrClN2S. The zero-order valence-corrected chi connectivity index (χ0v) is 15.6. The predicted octanol–water partition coefficient (Wildman–Crippen LogP) is 1.59. The molecule has 2 aromatic carbocycles. The standard InChI is InChI=1S/C18H16ClN2S.BrH/c19-15-9-7-14(8-10-15)17-13-21(16-5-2-1-3-6-16)18-20(17)11-4-12-22-18;/h1-3,5-10,13H,4,11-12H2;1H/q+1;/p-1. The van der Waals surface area contributed by atoms with E-state index in [1.54, 1.807) is 0 Å². The van der Waals surface area contributed by atoms with Crippen LogP contribution in [0.25, 0.3) is 16.9 Å². The average Bonchev–Trinajstić information content (AvgIpc) is 2.96. The van der Waals surface area contributed by atoms with E-state index < -0.39 is 0 Å². The number of rotatable bonds is 2. The minimum absolute atomic E-state index is 0. The van der Waals surface area contributed by atoms with E-state index in [1.807, 2.05) is 23.9 Å². The molecule has 3 aromatic rings. The van der Waals surface area contributed by atoms with Crippen LogP contribution in [-0.2, 0) is 6.54 Å². The van der Waals surface area contributed by atoms with Crippen molar-refractivity contribution in [3.63, 3.8) is 0 Å². The number of aromatic nitrogens is 2. The number of benzene rings is 2. The Morgan fingerprint density at radius 1 is 1.00 bits per heavy atom. The Bertz CT molecular complexity index is 800. The van der Waals surface area contributed by atoms with E-state index in [0.29, 0.717) is 0 Å². The second-order valence-electron chi connectivity index (χ2n) is 5.36. The summed E-state index contributed by atoms with van der Waals surface area (Å²) < 4.78 is 4.72. The van der Waals surface area contributed by atoms with Gasteiger partial charge in [-0.25, -0.2) is 4.57 Å². The molecule has 0 radical (unpaired) electrons. The summed E-state index contributed by atoms with van der Waals surface area (Å²) in [5.41, 5.74) is 3.67. The summed E-state index contributed by atoms with van der Waals surface area (Å²) in [5.74, 6) is 1.18. The lowest BCUT2D eigenvalue weighted by atomic mass is 10.1. The van der Waals surface area contributed by atoms with E-state index in [-0.39, 0.29) is 17.0 Å². The van der Waals surface area contributed by atoms with Gasteiger partial charge < -0.3 is 17.0 Å². The van der Waals surface area contributed by atoms with Crippen LogP contribution in [0.2, 0.25) is 5.02 Å². The normalized spacial score (nSPS) is 13.3. The third-order valence-electron chi connectivity index (χ3n) is 3.91. The van der Waals surface area contributed by atoms with Crippen LogP contribution in [0.5, 0.6) is 0 Å². The number of para-hydroxylation sites is 1. The lowest BCUT2D eigenvalue weighted by molar-refractivity contribution is -0.724. The molecule has 118 valence electrons. The number of imidazole rings is 1. The summed E-state index contributed by atoms with van der Waals surface area (Å²) in [4.78, 5) is 0. The van der Waals surface area contributed by atoms with Crippen LogP contribution >= 0.6 is 23.4 Å². The highest BCUT2D eigenvalue weighted by Gasteiger charge is 2.28. The third kappa shape index (κ3) is 3.21. The maximum atomic E-state index is 6.03. The molecule has 0 fully saturated rings. The Labute approximate surface area is 155 Å². The minimum Gasteiger partial charge on any atom is -1.00 e. The zero-order chi connectivity index (χ0) is 14.9. The van der Waals surface area contributed by atoms with Crippen LogP contribution in [0, 0.1) is 0 Å². The maximum absolute atomic E-state index is 6.03. The summed E-state index contributed by atoms with van der Waals surface area (Å²) in [7, 11) is 0.